The molecule has 2 aromatic rings. The lowest BCUT2D eigenvalue weighted by Crippen LogP contribution is -2.18. The van der Waals surface area contributed by atoms with E-state index in [9.17, 15) is 0 Å². The standard InChI is InChI=1S/C15H15N3O/c1-2-13-11(3-4-16-13)7-10(1)12-8-14-15(18-9-12)19-6-5-17-14/h1-2,7-9,16-17H,3-6H2. The molecule has 2 N–H and O–H groups in total. The van der Waals surface area contributed by atoms with Crippen molar-refractivity contribution in [3.05, 3.63) is 36.0 Å². The molecule has 4 rings (SSSR count). The first-order valence-corrected chi connectivity index (χ1v) is 6.64. The highest BCUT2D eigenvalue weighted by atomic mass is 16.5. The number of fused-ring (bicyclic) bond motifs is 2. The maximum Gasteiger partial charge on any atom is 0.237 e. The SMILES string of the molecule is c1cc2c(cc1-c1cnc3c(c1)NCCO3)CCN2. The van der Waals surface area contributed by atoms with Crippen molar-refractivity contribution in [1.29, 1.82) is 0 Å². The first-order chi connectivity index (χ1) is 9.40. The number of ether oxygens (including phenoxy) is 1. The minimum absolute atomic E-state index is 0.684. The average molecular weight is 253 g/mol. The molecule has 0 spiro atoms. The molecular weight excluding hydrogens is 238 g/mol. The topological polar surface area (TPSA) is 46.2 Å². The van der Waals surface area contributed by atoms with Crippen molar-refractivity contribution >= 4 is 11.4 Å². The van der Waals surface area contributed by atoms with Crippen LogP contribution in [-0.2, 0) is 6.42 Å². The number of benzene rings is 1. The Morgan fingerprint density at radius 2 is 1.95 bits per heavy atom. The highest BCUT2D eigenvalue weighted by Crippen LogP contribution is 2.32. The van der Waals surface area contributed by atoms with Crippen LogP contribution in [0.25, 0.3) is 11.1 Å². The Morgan fingerprint density at radius 1 is 1.00 bits per heavy atom. The smallest absolute Gasteiger partial charge is 0.237 e. The van der Waals surface area contributed by atoms with Crippen molar-refractivity contribution in [2.24, 2.45) is 0 Å². The van der Waals surface area contributed by atoms with Crippen LogP contribution in [0.5, 0.6) is 5.88 Å². The largest absolute Gasteiger partial charge is 0.474 e. The second-order valence-corrected chi connectivity index (χ2v) is 4.90. The number of hydrogen-bond acceptors (Lipinski definition) is 4. The zero-order chi connectivity index (χ0) is 12.7. The van der Waals surface area contributed by atoms with Crippen LogP contribution in [0, 0.1) is 0 Å². The number of nitrogens with zero attached hydrogens (tertiary/aromatic N) is 1. The van der Waals surface area contributed by atoms with Gasteiger partial charge >= 0.3 is 0 Å². The van der Waals surface area contributed by atoms with Gasteiger partial charge in [0, 0.05) is 30.5 Å². The Bertz CT molecular complexity index is 639. The van der Waals surface area contributed by atoms with E-state index >= 15 is 0 Å². The van der Waals surface area contributed by atoms with E-state index in [1.54, 1.807) is 0 Å². The number of hydrogen-bond donors (Lipinski definition) is 2. The van der Waals surface area contributed by atoms with Gasteiger partial charge in [-0.1, -0.05) is 6.07 Å². The normalized spacial score (nSPS) is 15.8. The summed E-state index contributed by atoms with van der Waals surface area (Å²) in [4.78, 5) is 4.39. The second-order valence-electron chi connectivity index (χ2n) is 4.90. The Balaban J connectivity index is 1.76. The molecule has 0 fully saturated rings. The predicted octanol–water partition coefficient (Wildman–Crippen LogP) is 2.52. The van der Waals surface area contributed by atoms with E-state index in [0.717, 1.165) is 30.8 Å². The predicted molar refractivity (Wildman–Crippen MR) is 75.9 cm³/mol. The van der Waals surface area contributed by atoms with Gasteiger partial charge in [0.25, 0.3) is 0 Å². The molecule has 4 heteroatoms. The van der Waals surface area contributed by atoms with Gasteiger partial charge in [-0.15, -0.1) is 0 Å². The van der Waals surface area contributed by atoms with Crippen molar-refractivity contribution in [3.8, 4) is 17.0 Å². The quantitative estimate of drug-likeness (QED) is 0.819. The summed E-state index contributed by atoms with van der Waals surface area (Å²) in [5.74, 6) is 0.706. The molecule has 19 heavy (non-hydrogen) atoms. The van der Waals surface area contributed by atoms with Crippen LogP contribution >= 0.6 is 0 Å². The van der Waals surface area contributed by atoms with Crippen LogP contribution in [-0.4, -0.2) is 24.7 Å². The van der Waals surface area contributed by atoms with Crippen LogP contribution in [0.2, 0.25) is 0 Å². The molecule has 96 valence electrons. The van der Waals surface area contributed by atoms with Crippen molar-refractivity contribution in [3.63, 3.8) is 0 Å². The summed E-state index contributed by atoms with van der Waals surface area (Å²) in [6.45, 7) is 2.56. The van der Waals surface area contributed by atoms with Gasteiger partial charge in [0.1, 0.15) is 6.61 Å². The lowest BCUT2D eigenvalue weighted by molar-refractivity contribution is 0.310. The zero-order valence-corrected chi connectivity index (χ0v) is 10.6. The summed E-state index contributed by atoms with van der Waals surface area (Å²) in [7, 11) is 0. The molecule has 1 aromatic heterocycles. The summed E-state index contributed by atoms with van der Waals surface area (Å²) in [5, 5.41) is 6.71. The van der Waals surface area contributed by atoms with Crippen molar-refractivity contribution < 1.29 is 4.74 Å². The lowest BCUT2D eigenvalue weighted by atomic mass is 10.0. The first-order valence-electron chi connectivity index (χ1n) is 6.64. The van der Waals surface area contributed by atoms with Gasteiger partial charge in [-0.25, -0.2) is 4.98 Å². The molecule has 3 heterocycles. The van der Waals surface area contributed by atoms with Gasteiger partial charge in [-0.3, -0.25) is 0 Å². The Hall–Kier alpha value is -2.23. The summed E-state index contributed by atoms with van der Waals surface area (Å²) in [6.07, 6.45) is 2.98. The number of aromatic nitrogens is 1. The van der Waals surface area contributed by atoms with Crippen LogP contribution in [0.4, 0.5) is 11.4 Å². The van der Waals surface area contributed by atoms with Crippen molar-refractivity contribution in [2.45, 2.75) is 6.42 Å². The van der Waals surface area contributed by atoms with Crippen LogP contribution in [0.3, 0.4) is 0 Å². The Kier molecular flexibility index (Phi) is 2.33. The maximum atomic E-state index is 5.50. The monoisotopic (exact) mass is 253 g/mol. The van der Waals surface area contributed by atoms with E-state index in [2.05, 4.69) is 39.9 Å². The molecule has 2 aliphatic rings. The molecule has 0 radical (unpaired) electrons. The minimum Gasteiger partial charge on any atom is -0.474 e. The molecule has 2 aliphatic heterocycles. The Labute approximate surface area is 111 Å². The van der Waals surface area contributed by atoms with Crippen LogP contribution < -0.4 is 15.4 Å². The zero-order valence-electron chi connectivity index (χ0n) is 10.6. The average Bonchev–Trinajstić information content (AvgIpc) is 2.94. The van der Waals surface area contributed by atoms with Crippen LogP contribution in [0.15, 0.2) is 30.5 Å². The van der Waals surface area contributed by atoms with E-state index in [4.69, 9.17) is 4.74 Å². The van der Waals surface area contributed by atoms with Gasteiger partial charge in [0.05, 0.1) is 5.69 Å². The summed E-state index contributed by atoms with van der Waals surface area (Å²) in [6, 6.07) is 8.67. The lowest BCUT2D eigenvalue weighted by Gasteiger charge is -2.18. The van der Waals surface area contributed by atoms with E-state index < -0.39 is 0 Å². The van der Waals surface area contributed by atoms with Crippen molar-refractivity contribution in [2.75, 3.05) is 30.3 Å². The molecular formula is C15H15N3O. The third kappa shape index (κ3) is 1.80. The molecule has 0 unspecified atom stereocenters. The highest BCUT2D eigenvalue weighted by molar-refractivity contribution is 5.73. The number of rotatable bonds is 1. The van der Waals surface area contributed by atoms with E-state index in [1.807, 2.05) is 6.20 Å². The van der Waals surface area contributed by atoms with Gasteiger partial charge in [-0.05, 0) is 35.7 Å². The number of pyridine rings is 1. The minimum atomic E-state index is 0.684. The van der Waals surface area contributed by atoms with Gasteiger partial charge in [0.15, 0.2) is 0 Å². The van der Waals surface area contributed by atoms with E-state index in [-0.39, 0.29) is 0 Å². The fourth-order valence-corrected chi connectivity index (χ4v) is 2.67. The first kappa shape index (κ1) is 10.7. The second kappa shape index (κ2) is 4.16. The molecule has 0 amide bonds. The molecule has 0 bridgehead atoms. The number of nitrogens with one attached hydrogen (secondary N) is 2. The highest BCUT2D eigenvalue weighted by Gasteiger charge is 2.14. The number of anilines is 2. The van der Waals surface area contributed by atoms with Gasteiger partial charge in [-0.2, -0.15) is 0 Å². The van der Waals surface area contributed by atoms with E-state index in [1.165, 1.54) is 16.8 Å². The third-order valence-corrected chi connectivity index (χ3v) is 3.66. The molecule has 0 aliphatic carbocycles. The molecule has 4 nitrogen and oxygen atoms in total. The Morgan fingerprint density at radius 3 is 2.95 bits per heavy atom. The van der Waals surface area contributed by atoms with Gasteiger partial charge < -0.3 is 15.4 Å². The summed E-state index contributed by atoms with van der Waals surface area (Å²) >= 11 is 0. The molecule has 1 aromatic carbocycles. The maximum absolute atomic E-state index is 5.50. The summed E-state index contributed by atoms with van der Waals surface area (Å²) in [5.41, 5.74) is 5.98. The van der Waals surface area contributed by atoms with Gasteiger partial charge in [0.2, 0.25) is 5.88 Å². The van der Waals surface area contributed by atoms with Crippen molar-refractivity contribution in [1.82, 2.24) is 4.98 Å². The molecule has 0 saturated carbocycles. The van der Waals surface area contributed by atoms with E-state index in [0.29, 0.717) is 12.5 Å². The molecule has 0 saturated heterocycles. The van der Waals surface area contributed by atoms with Crippen LogP contribution in [0.1, 0.15) is 5.56 Å². The summed E-state index contributed by atoms with van der Waals surface area (Å²) < 4.78 is 5.50. The third-order valence-electron chi connectivity index (χ3n) is 3.66. The molecule has 0 atom stereocenters. The fourth-order valence-electron chi connectivity index (χ4n) is 2.67. The fraction of sp³-hybridized carbons (Fsp3) is 0.267.